The van der Waals surface area contributed by atoms with Crippen LogP contribution < -0.4 is 10.6 Å². The molecule has 1 aromatic carbocycles. The van der Waals surface area contributed by atoms with E-state index < -0.39 is 0 Å². The second-order valence-electron chi connectivity index (χ2n) is 7.80. The fourth-order valence-electron chi connectivity index (χ4n) is 4.06. The largest absolute Gasteiger partial charge is 0.504 e. The quantitative estimate of drug-likeness (QED) is 0.789. The minimum atomic E-state index is -0.306. The lowest BCUT2D eigenvalue weighted by molar-refractivity contribution is 0.0873. The summed E-state index contributed by atoms with van der Waals surface area (Å²) >= 11 is 0. The summed E-state index contributed by atoms with van der Waals surface area (Å²) in [5.41, 5.74) is 2.20. The molecule has 138 valence electrons. The Morgan fingerprint density at radius 1 is 1.35 bits per heavy atom. The number of nitrogens with one attached hydrogen (secondary N) is 2. The van der Waals surface area contributed by atoms with Crippen molar-refractivity contribution in [2.75, 3.05) is 6.54 Å². The number of rotatable bonds is 4. The molecule has 6 heteroatoms. The van der Waals surface area contributed by atoms with Gasteiger partial charge in [0, 0.05) is 11.6 Å². The lowest BCUT2D eigenvalue weighted by Gasteiger charge is -2.43. The molecular weight excluding hydrogens is 328 g/mol. The van der Waals surface area contributed by atoms with Crippen molar-refractivity contribution in [1.29, 1.82) is 0 Å². The fourth-order valence-corrected chi connectivity index (χ4v) is 4.06. The van der Waals surface area contributed by atoms with E-state index in [9.17, 15) is 9.90 Å². The van der Waals surface area contributed by atoms with Crippen molar-refractivity contribution >= 4 is 5.91 Å². The van der Waals surface area contributed by atoms with Gasteiger partial charge in [0.15, 0.2) is 11.4 Å². The average Bonchev–Trinajstić information content (AvgIpc) is 3.18. The molecule has 6 nitrogen and oxygen atoms in total. The molecule has 4 rings (SSSR count). The van der Waals surface area contributed by atoms with Gasteiger partial charge in [-0.1, -0.05) is 26.0 Å². The van der Waals surface area contributed by atoms with E-state index >= 15 is 0 Å². The predicted molar refractivity (Wildman–Crippen MR) is 99.8 cm³/mol. The first-order valence-corrected chi connectivity index (χ1v) is 9.43. The summed E-state index contributed by atoms with van der Waals surface area (Å²) in [5, 5.41) is 21.2. The number of hydrogen-bond acceptors (Lipinski definition) is 4. The van der Waals surface area contributed by atoms with Gasteiger partial charge in [0.25, 0.3) is 5.91 Å². The highest BCUT2D eigenvalue weighted by Crippen LogP contribution is 2.39. The molecule has 1 aliphatic heterocycles. The van der Waals surface area contributed by atoms with Crippen LogP contribution in [0, 0.1) is 0 Å². The normalized spacial score (nSPS) is 21.1. The van der Waals surface area contributed by atoms with Crippen LogP contribution in [-0.4, -0.2) is 38.9 Å². The van der Waals surface area contributed by atoms with Gasteiger partial charge in [0.1, 0.15) is 0 Å². The van der Waals surface area contributed by atoms with E-state index in [0.717, 1.165) is 31.5 Å². The highest BCUT2D eigenvalue weighted by atomic mass is 16.3. The first-order valence-electron chi connectivity index (χ1n) is 9.43. The molecule has 2 heterocycles. The third kappa shape index (κ3) is 2.88. The van der Waals surface area contributed by atoms with E-state index in [-0.39, 0.29) is 28.9 Å². The van der Waals surface area contributed by atoms with Crippen molar-refractivity contribution in [3.05, 3.63) is 41.7 Å². The number of aromatic hydroxyl groups is 1. The summed E-state index contributed by atoms with van der Waals surface area (Å²) in [4.78, 5) is 12.7. The maximum atomic E-state index is 12.7. The third-order valence-electron chi connectivity index (χ3n) is 5.86. The molecule has 1 saturated heterocycles. The summed E-state index contributed by atoms with van der Waals surface area (Å²) in [7, 11) is 0. The zero-order valence-corrected chi connectivity index (χ0v) is 15.3. The number of carbonyl (C=O) groups is 1. The van der Waals surface area contributed by atoms with E-state index in [2.05, 4.69) is 29.6 Å². The zero-order valence-electron chi connectivity index (χ0n) is 15.3. The monoisotopic (exact) mass is 354 g/mol. The molecule has 0 bridgehead atoms. The Hall–Kier alpha value is -2.34. The molecule has 1 spiro atoms. The third-order valence-corrected chi connectivity index (χ3v) is 5.86. The van der Waals surface area contributed by atoms with Crippen LogP contribution >= 0.6 is 0 Å². The molecule has 1 amide bonds. The molecular formula is C20H26N4O2. The number of nitrogens with zero attached hydrogens (tertiary/aromatic N) is 2. The standard InChI is InChI=1S/C20H26N4O2/c1-13(2)14-4-6-15(7-5-14)24-12-16(25)18(23-24)19(26)22-17-8-11-21-20(17)9-3-10-20/h4-7,12-13,17,21,25H,3,8-11H2,1-2H3,(H,22,26). The molecule has 2 fully saturated rings. The Morgan fingerprint density at radius 2 is 2.08 bits per heavy atom. The van der Waals surface area contributed by atoms with Crippen LogP contribution in [0.2, 0.25) is 0 Å². The second-order valence-corrected chi connectivity index (χ2v) is 7.80. The van der Waals surface area contributed by atoms with Crippen molar-refractivity contribution < 1.29 is 9.90 Å². The van der Waals surface area contributed by atoms with E-state index in [0.29, 0.717) is 5.92 Å². The Labute approximate surface area is 153 Å². The van der Waals surface area contributed by atoms with Crippen LogP contribution in [0.1, 0.15) is 61.5 Å². The maximum Gasteiger partial charge on any atom is 0.275 e. The number of carbonyl (C=O) groups excluding carboxylic acids is 1. The lowest BCUT2D eigenvalue weighted by atomic mass is 9.73. The molecule has 1 saturated carbocycles. The van der Waals surface area contributed by atoms with Crippen molar-refractivity contribution in [3.8, 4) is 11.4 Å². The fraction of sp³-hybridized carbons (Fsp3) is 0.500. The first-order chi connectivity index (χ1) is 12.5. The van der Waals surface area contributed by atoms with Crippen LogP contribution in [0.25, 0.3) is 5.69 Å². The predicted octanol–water partition coefficient (Wildman–Crippen LogP) is 2.72. The van der Waals surface area contributed by atoms with Crippen LogP contribution in [0.15, 0.2) is 30.5 Å². The highest BCUT2D eigenvalue weighted by Gasteiger charge is 2.47. The molecule has 3 N–H and O–H groups in total. The van der Waals surface area contributed by atoms with Crippen molar-refractivity contribution in [3.63, 3.8) is 0 Å². The van der Waals surface area contributed by atoms with Crippen molar-refractivity contribution in [2.24, 2.45) is 0 Å². The van der Waals surface area contributed by atoms with E-state index in [4.69, 9.17) is 0 Å². The smallest absolute Gasteiger partial charge is 0.275 e. The van der Waals surface area contributed by atoms with Gasteiger partial charge in [0.2, 0.25) is 0 Å². The number of aromatic nitrogens is 2. The Morgan fingerprint density at radius 3 is 2.69 bits per heavy atom. The van der Waals surface area contributed by atoms with Gasteiger partial charge in [-0.05, 0) is 55.8 Å². The molecule has 2 aromatic rings. The van der Waals surface area contributed by atoms with Crippen LogP contribution in [0.5, 0.6) is 5.75 Å². The number of amides is 1. The highest BCUT2D eigenvalue weighted by molar-refractivity contribution is 5.95. The summed E-state index contributed by atoms with van der Waals surface area (Å²) < 4.78 is 1.56. The molecule has 1 aliphatic carbocycles. The molecule has 26 heavy (non-hydrogen) atoms. The summed E-state index contributed by atoms with van der Waals surface area (Å²) in [6.07, 6.45) is 5.81. The summed E-state index contributed by atoms with van der Waals surface area (Å²) in [5.74, 6) is 0.0549. The summed E-state index contributed by atoms with van der Waals surface area (Å²) in [6, 6.07) is 8.10. The van der Waals surface area contributed by atoms with Crippen molar-refractivity contribution in [1.82, 2.24) is 20.4 Å². The average molecular weight is 354 g/mol. The maximum absolute atomic E-state index is 12.7. The van der Waals surface area contributed by atoms with E-state index in [1.165, 1.54) is 18.2 Å². The minimum absolute atomic E-state index is 0.0561. The molecule has 1 aromatic heterocycles. The van der Waals surface area contributed by atoms with E-state index in [1.54, 1.807) is 4.68 Å². The van der Waals surface area contributed by atoms with Gasteiger partial charge in [-0.2, -0.15) is 5.10 Å². The van der Waals surface area contributed by atoms with Gasteiger partial charge in [-0.15, -0.1) is 0 Å². The first kappa shape index (κ1) is 17.1. The van der Waals surface area contributed by atoms with Gasteiger partial charge in [0.05, 0.1) is 11.9 Å². The van der Waals surface area contributed by atoms with Gasteiger partial charge in [-0.25, -0.2) is 4.68 Å². The Balaban J connectivity index is 1.51. The van der Waals surface area contributed by atoms with Crippen LogP contribution in [0.3, 0.4) is 0 Å². The molecule has 1 atom stereocenters. The van der Waals surface area contributed by atoms with E-state index in [1.807, 2.05) is 24.3 Å². The Bertz CT molecular complexity index is 806. The number of hydrogen-bond donors (Lipinski definition) is 3. The zero-order chi connectivity index (χ0) is 18.3. The van der Waals surface area contributed by atoms with Crippen LogP contribution in [0.4, 0.5) is 0 Å². The summed E-state index contributed by atoms with van der Waals surface area (Å²) in [6.45, 7) is 5.21. The number of benzene rings is 1. The van der Waals surface area contributed by atoms with Gasteiger partial charge in [-0.3, -0.25) is 4.79 Å². The second kappa shape index (κ2) is 6.43. The topological polar surface area (TPSA) is 79.2 Å². The van der Waals surface area contributed by atoms with Gasteiger partial charge >= 0.3 is 0 Å². The minimum Gasteiger partial charge on any atom is -0.504 e. The van der Waals surface area contributed by atoms with Crippen molar-refractivity contribution in [2.45, 2.75) is 57.0 Å². The molecule has 0 radical (unpaired) electrons. The van der Waals surface area contributed by atoms with Crippen LogP contribution in [-0.2, 0) is 0 Å². The molecule has 2 aliphatic rings. The molecule has 1 unspecified atom stereocenters. The lowest BCUT2D eigenvalue weighted by Crippen LogP contribution is -2.59. The Kier molecular flexibility index (Phi) is 4.23. The SMILES string of the molecule is CC(C)c1ccc(-n2cc(O)c(C(=O)NC3CCNC34CCC4)n2)cc1. The van der Waals surface area contributed by atoms with Gasteiger partial charge < -0.3 is 15.7 Å².